The predicted octanol–water partition coefficient (Wildman–Crippen LogP) is 6.79. The number of aliphatic imine (C=N–C) groups is 1. The van der Waals surface area contributed by atoms with Gasteiger partial charge in [-0.1, -0.05) is 46.4 Å². The van der Waals surface area contributed by atoms with Crippen molar-refractivity contribution in [3.8, 4) is 5.75 Å². The normalized spacial score (nSPS) is 12.9. The Labute approximate surface area is 206 Å². The van der Waals surface area contributed by atoms with Crippen LogP contribution in [0, 0.1) is 11.8 Å². The minimum atomic E-state index is -4.73. The maximum Gasteiger partial charge on any atom is 0.573 e. The number of rotatable bonds is 10. The van der Waals surface area contributed by atoms with Crippen molar-refractivity contribution in [2.24, 2.45) is 16.8 Å². The second-order valence-corrected chi connectivity index (χ2v) is 8.05. The van der Waals surface area contributed by atoms with Crippen LogP contribution in [0.2, 0.25) is 0 Å². The van der Waals surface area contributed by atoms with Crippen molar-refractivity contribution in [3.05, 3.63) is 54.4 Å². The van der Waals surface area contributed by atoms with Gasteiger partial charge in [0.1, 0.15) is 17.3 Å². The van der Waals surface area contributed by atoms with E-state index in [-0.39, 0.29) is 29.4 Å². The Morgan fingerprint density at radius 1 is 1.17 bits per heavy atom. The number of nitrogens with zero attached hydrogens (tertiary/aromatic N) is 2. The van der Waals surface area contributed by atoms with E-state index in [4.69, 9.17) is 4.74 Å². The number of benzene rings is 1. The van der Waals surface area contributed by atoms with Crippen LogP contribution in [0.15, 0.2) is 53.9 Å². The molecule has 0 aliphatic carbocycles. The van der Waals surface area contributed by atoms with E-state index in [1.807, 2.05) is 13.8 Å². The van der Waals surface area contributed by atoms with Crippen LogP contribution >= 0.6 is 0 Å². The molecule has 9 heteroatoms. The van der Waals surface area contributed by atoms with Gasteiger partial charge in [0.05, 0.1) is 12.8 Å². The Bertz CT molecular complexity index is 893. The monoisotopic (exact) mass is 498 g/mol. The molecule has 0 bridgehead atoms. The Kier molecular flexibility index (Phi) is 14.3. The van der Waals surface area contributed by atoms with Crippen molar-refractivity contribution in [1.82, 2.24) is 4.90 Å². The van der Waals surface area contributed by atoms with Gasteiger partial charge in [0.25, 0.3) is 0 Å². The first-order chi connectivity index (χ1) is 16.2. The third-order valence-corrected chi connectivity index (χ3v) is 4.98. The summed E-state index contributed by atoms with van der Waals surface area (Å²) in [5, 5.41) is 0. The maximum atomic E-state index is 11.8. The van der Waals surface area contributed by atoms with Gasteiger partial charge in [-0.2, -0.15) is 0 Å². The summed E-state index contributed by atoms with van der Waals surface area (Å²) in [6.45, 7) is 18.3. The fourth-order valence-corrected chi connectivity index (χ4v) is 2.60. The highest BCUT2D eigenvalue weighted by atomic mass is 19.4. The highest BCUT2D eigenvalue weighted by Gasteiger charge is 2.31. The molecule has 1 aromatic rings. The molecule has 0 saturated heterocycles. The minimum absolute atomic E-state index is 0.00344. The van der Waals surface area contributed by atoms with Crippen LogP contribution in [0.4, 0.5) is 13.2 Å². The van der Waals surface area contributed by atoms with E-state index in [0.29, 0.717) is 36.6 Å². The van der Waals surface area contributed by atoms with Crippen molar-refractivity contribution in [2.45, 2.75) is 61.2 Å². The van der Waals surface area contributed by atoms with E-state index in [2.05, 4.69) is 37.1 Å². The molecule has 0 N–H and O–H groups in total. The third kappa shape index (κ3) is 13.4. The van der Waals surface area contributed by atoms with Gasteiger partial charge < -0.3 is 14.4 Å². The summed E-state index contributed by atoms with van der Waals surface area (Å²) in [5.41, 5.74) is 0.222. The number of hydrogen-bond acceptors (Lipinski definition) is 5. The lowest BCUT2D eigenvalue weighted by atomic mass is 9.97. The van der Waals surface area contributed by atoms with Crippen molar-refractivity contribution in [2.75, 3.05) is 13.2 Å². The molecule has 0 spiro atoms. The summed E-state index contributed by atoms with van der Waals surface area (Å²) in [5.74, 6) is 1.62. The lowest BCUT2D eigenvalue weighted by Crippen LogP contribution is -2.38. The second kappa shape index (κ2) is 15.7. The van der Waals surface area contributed by atoms with Crippen LogP contribution in [0.3, 0.4) is 0 Å². The average molecular weight is 499 g/mol. The number of hydrogen-bond donors (Lipinski definition) is 0. The molecule has 0 unspecified atom stereocenters. The minimum Gasteiger partial charge on any atom is -0.492 e. The molecule has 0 saturated carbocycles. The lowest BCUT2D eigenvalue weighted by molar-refractivity contribution is -0.274. The van der Waals surface area contributed by atoms with Crippen LogP contribution in [-0.4, -0.2) is 41.9 Å². The Balaban J connectivity index is 0.000000686. The number of carbonyl (C=O) groups excluding carboxylic acids is 2. The number of carbonyl (C=O) groups is 2. The van der Waals surface area contributed by atoms with Gasteiger partial charge in [-0.05, 0) is 43.9 Å². The van der Waals surface area contributed by atoms with Gasteiger partial charge in [-0.15, -0.1) is 13.2 Å². The zero-order valence-corrected chi connectivity index (χ0v) is 21.6. The van der Waals surface area contributed by atoms with Gasteiger partial charge in [0.2, 0.25) is 5.91 Å². The molecule has 35 heavy (non-hydrogen) atoms. The van der Waals surface area contributed by atoms with Crippen molar-refractivity contribution >= 4 is 17.5 Å². The van der Waals surface area contributed by atoms with E-state index in [1.54, 1.807) is 31.0 Å². The largest absolute Gasteiger partial charge is 0.573 e. The molecule has 1 rings (SSSR count). The summed E-state index contributed by atoms with van der Waals surface area (Å²) in [4.78, 5) is 29.0. The highest BCUT2D eigenvalue weighted by molar-refractivity contribution is 5.96. The van der Waals surface area contributed by atoms with E-state index >= 15 is 0 Å². The van der Waals surface area contributed by atoms with E-state index < -0.39 is 6.36 Å². The predicted molar refractivity (Wildman–Crippen MR) is 132 cm³/mol. The molecule has 0 aliphatic rings. The number of ether oxygens (including phenoxy) is 2. The molecule has 0 aromatic heterocycles. The zero-order valence-electron chi connectivity index (χ0n) is 21.6. The van der Waals surface area contributed by atoms with Crippen molar-refractivity contribution in [1.29, 1.82) is 0 Å². The summed E-state index contributed by atoms with van der Waals surface area (Å²) < 4.78 is 44.6. The Morgan fingerprint density at radius 3 is 2.26 bits per heavy atom. The molecule has 0 fully saturated rings. The molecular weight excluding hydrogens is 461 g/mol. The van der Waals surface area contributed by atoms with Gasteiger partial charge in [0.15, 0.2) is 5.78 Å². The van der Waals surface area contributed by atoms with Crippen LogP contribution in [0.1, 0.15) is 65.2 Å². The van der Waals surface area contributed by atoms with Crippen LogP contribution in [0.25, 0.3) is 0 Å². The zero-order chi connectivity index (χ0) is 27.2. The van der Waals surface area contributed by atoms with E-state index in [0.717, 1.165) is 12.1 Å². The maximum absolute atomic E-state index is 11.8. The number of alkyl halides is 3. The molecule has 196 valence electrons. The lowest BCUT2D eigenvalue weighted by Gasteiger charge is -2.26. The average Bonchev–Trinajstić information content (AvgIpc) is 2.78. The van der Waals surface area contributed by atoms with Crippen molar-refractivity contribution in [3.63, 3.8) is 0 Å². The fourth-order valence-electron chi connectivity index (χ4n) is 2.60. The first-order valence-electron chi connectivity index (χ1n) is 11.4. The van der Waals surface area contributed by atoms with Gasteiger partial charge in [-0.25, -0.2) is 4.99 Å². The second-order valence-electron chi connectivity index (χ2n) is 8.05. The number of Topliss-reactive ketones (excluding diaryl/α,β-unsaturated/α-hetero) is 1. The van der Waals surface area contributed by atoms with E-state index in [9.17, 15) is 22.8 Å². The van der Waals surface area contributed by atoms with Crippen molar-refractivity contribution < 1.29 is 32.2 Å². The molecule has 0 aliphatic heterocycles. The summed E-state index contributed by atoms with van der Waals surface area (Å²) in [6.07, 6.45) is -1.28. The quantitative estimate of drug-likeness (QED) is 0.117. The first-order valence-corrected chi connectivity index (χ1v) is 11.4. The molecule has 6 nitrogen and oxygen atoms in total. The first kappa shape index (κ1) is 31.9. The topological polar surface area (TPSA) is 68.2 Å². The molecule has 1 aromatic carbocycles. The molecular formula is C26H37F3N2O4. The summed E-state index contributed by atoms with van der Waals surface area (Å²) >= 11 is 0. The Hall–Kier alpha value is -3.10. The fraction of sp³-hybridized carbons (Fsp3) is 0.500. The van der Waals surface area contributed by atoms with Crippen LogP contribution < -0.4 is 4.74 Å². The Morgan fingerprint density at radius 2 is 1.80 bits per heavy atom. The SMILES string of the molecule is C=C/C(=C\N=C(C)N(C[C@@H](C)C(C)C)C(C)=O)OCC.CCC(=O)c1cccc(OC(F)(F)F)c1. The standard InChI is InChI=1S/C16H28N2O2.C10H9F3O2/c1-8-16(20-9-2)10-17-14(6)18(15(7)19)11-13(5)12(3)4;1-2-9(14)7-4-3-5-8(6-7)15-10(11,12)13/h8,10,12-13H,1,9,11H2,2-7H3;3-6H,2H2,1H3/b16-10+,17-14?;/t13-;/m1./s1. The smallest absolute Gasteiger partial charge is 0.492 e. The highest BCUT2D eigenvalue weighted by Crippen LogP contribution is 2.23. The third-order valence-electron chi connectivity index (χ3n) is 4.98. The van der Waals surface area contributed by atoms with E-state index in [1.165, 1.54) is 12.1 Å². The molecule has 1 amide bonds. The summed E-state index contributed by atoms with van der Waals surface area (Å²) in [7, 11) is 0. The number of amidine groups is 1. The summed E-state index contributed by atoms with van der Waals surface area (Å²) in [6, 6.07) is 5.04. The number of allylic oxidation sites excluding steroid dienone is 1. The van der Waals surface area contributed by atoms with Gasteiger partial charge >= 0.3 is 6.36 Å². The van der Waals surface area contributed by atoms with Crippen LogP contribution in [-0.2, 0) is 9.53 Å². The van der Waals surface area contributed by atoms with Gasteiger partial charge in [-0.3, -0.25) is 9.59 Å². The molecule has 0 heterocycles. The number of amides is 1. The number of halogens is 3. The molecule has 0 radical (unpaired) electrons. The number of ketones is 1. The van der Waals surface area contributed by atoms with Gasteiger partial charge in [0, 0.05) is 25.5 Å². The molecule has 1 atom stereocenters. The van der Waals surface area contributed by atoms with Crippen LogP contribution in [0.5, 0.6) is 5.75 Å².